The first kappa shape index (κ1) is 13.9. The Hall–Kier alpha value is -0.0500. The van der Waals surface area contributed by atoms with Crippen LogP contribution in [-0.4, -0.2) is 0 Å². The van der Waals surface area contributed by atoms with Gasteiger partial charge in [-0.05, 0) is 35.8 Å². The zero-order chi connectivity index (χ0) is 10.1. The number of hydrogen-bond acceptors (Lipinski definition) is 2. The molecule has 1 nitrogen and oxygen atoms in total. The number of hydrogen-bond donors (Lipinski definition) is 1. The summed E-state index contributed by atoms with van der Waals surface area (Å²) in [6, 6.07) is 2.35. The van der Waals surface area contributed by atoms with Crippen LogP contribution in [0.4, 0.5) is 0 Å². The van der Waals surface area contributed by atoms with Crippen LogP contribution in [0.5, 0.6) is 0 Å². The Bertz CT molecular complexity index is 275. The minimum Gasteiger partial charge on any atom is -0.323 e. The second kappa shape index (κ2) is 5.15. The van der Waals surface area contributed by atoms with Gasteiger partial charge in [0.1, 0.15) is 0 Å². The number of rotatable bonds is 2. The maximum Gasteiger partial charge on any atom is 0.0397 e. The van der Waals surface area contributed by atoms with Crippen LogP contribution in [-0.2, 0) is 0 Å². The highest BCUT2D eigenvalue weighted by Crippen LogP contribution is 2.31. The van der Waals surface area contributed by atoms with Crippen molar-refractivity contribution < 1.29 is 0 Å². The van der Waals surface area contributed by atoms with Crippen LogP contribution in [0.3, 0.4) is 0 Å². The molecule has 1 aromatic heterocycles. The molecule has 0 aliphatic rings. The predicted molar refractivity (Wildman–Crippen MR) is 67.3 cm³/mol. The highest BCUT2D eigenvalue weighted by molar-refractivity contribution is 7.10. The van der Waals surface area contributed by atoms with Crippen LogP contribution < -0.4 is 5.73 Å². The standard InChI is InChI=1S/C11H19NS.ClH/c1-8-5-6-13-10(8)9(12)7-11(2,3)4;/h5-6,9H,7,12H2,1-4H3;1H. The number of thiophene rings is 1. The largest absolute Gasteiger partial charge is 0.323 e. The van der Waals surface area contributed by atoms with Gasteiger partial charge in [0.25, 0.3) is 0 Å². The van der Waals surface area contributed by atoms with Crippen molar-refractivity contribution in [3.05, 3.63) is 21.9 Å². The predicted octanol–water partition coefficient (Wildman–Crippen LogP) is 3.91. The highest BCUT2D eigenvalue weighted by atomic mass is 35.5. The van der Waals surface area contributed by atoms with E-state index in [0.29, 0.717) is 5.41 Å². The Balaban J connectivity index is 0.00000169. The third-order valence-corrected chi connectivity index (χ3v) is 3.22. The molecule has 0 aliphatic carbocycles. The average Bonchev–Trinajstić information content (AvgIpc) is 2.30. The van der Waals surface area contributed by atoms with Crippen molar-refractivity contribution in [2.24, 2.45) is 11.1 Å². The van der Waals surface area contributed by atoms with Gasteiger partial charge in [-0.2, -0.15) is 0 Å². The van der Waals surface area contributed by atoms with Crippen LogP contribution in [0.15, 0.2) is 11.4 Å². The summed E-state index contributed by atoms with van der Waals surface area (Å²) in [5, 5.41) is 2.12. The summed E-state index contributed by atoms with van der Waals surface area (Å²) in [6.07, 6.45) is 1.05. The van der Waals surface area contributed by atoms with Crippen molar-refractivity contribution in [1.82, 2.24) is 0 Å². The second-order valence-corrected chi connectivity index (χ2v) is 5.79. The van der Waals surface area contributed by atoms with E-state index in [0.717, 1.165) is 6.42 Å². The van der Waals surface area contributed by atoms with E-state index in [4.69, 9.17) is 5.73 Å². The molecule has 0 spiro atoms. The van der Waals surface area contributed by atoms with E-state index >= 15 is 0 Å². The number of halogens is 1. The van der Waals surface area contributed by atoms with E-state index in [1.807, 2.05) is 0 Å². The summed E-state index contributed by atoms with van der Waals surface area (Å²) in [6.45, 7) is 8.83. The van der Waals surface area contributed by atoms with Crippen LogP contribution in [0.25, 0.3) is 0 Å². The molecule has 0 saturated heterocycles. The smallest absolute Gasteiger partial charge is 0.0397 e. The van der Waals surface area contributed by atoms with Gasteiger partial charge in [0.15, 0.2) is 0 Å². The Morgan fingerprint density at radius 1 is 1.43 bits per heavy atom. The summed E-state index contributed by atoms with van der Waals surface area (Å²) < 4.78 is 0. The minimum absolute atomic E-state index is 0. The molecule has 14 heavy (non-hydrogen) atoms. The summed E-state index contributed by atoms with van der Waals surface area (Å²) in [7, 11) is 0. The molecule has 2 N–H and O–H groups in total. The first-order valence-corrected chi connectivity index (χ1v) is 5.58. The van der Waals surface area contributed by atoms with Gasteiger partial charge >= 0.3 is 0 Å². The van der Waals surface area contributed by atoms with E-state index < -0.39 is 0 Å². The summed E-state index contributed by atoms with van der Waals surface area (Å²) in [5.74, 6) is 0. The molecular weight excluding hydrogens is 214 g/mol. The SMILES string of the molecule is Cc1ccsc1C(N)CC(C)(C)C.Cl. The van der Waals surface area contributed by atoms with Gasteiger partial charge in [-0.3, -0.25) is 0 Å². The van der Waals surface area contributed by atoms with Gasteiger partial charge < -0.3 is 5.73 Å². The summed E-state index contributed by atoms with van der Waals surface area (Å²) in [4.78, 5) is 1.34. The molecule has 0 saturated carbocycles. The zero-order valence-electron chi connectivity index (χ0n) is 9.33. The molecule has 0 bridgehead atoms. The van der Waals surface area contributed by atoms with Gasteiger partial charge in [0.2, 0.25) is 0 Å². The van der Waals surface area contributed by atoms with Crippen molar-refractivity contribution in [3.8, 4) is 0 Å². The third-order valence-electron chi connectivity index (χ3n) is 2.07. The van der Waals surface area contributed by atoms with Gasteiger partial charge in [-0.25, -0.2) is 0 Å². The van der Waals surface area contributed by atoms with Crippen LogP contribution >= 0.6 is 23.7 Å². The lowest BCUT2D eigenvalue weighted by molar-refractivity contribution is 0.344. The molecule has 0 aliphatic heterocycles. The highest BCUT2D eigenvalue weighted by Gasteiger charge is 2.18. The molecular formula is C11H20ClNS. The molecule has 0 amide bonds. The molecule has 0 fully saturated rings. The maximum atomic E-state index is 6.14. The van der Waals surface area contributed by atoms with Gasteiger partial charge in [-0.1, -0.05) is 20.8 Å². The lowest BCUT2D eigenvalue weighted by Gasteiger charge is -2.22. The Kier molecular flexibility index (Phi) is 5.13. The number of nitrogens with two attached hydrogens (primary N) is 1. The summed E-state index contributed by atoms with van der Waals surface area (Å²) >= 11 is 1.77. The fraction of sp³-hybridized carbons (Fsp3) is 0.636. The third kappa shape index (κ3) is 3.99. The Morgan fingerprint density at radius 2 is 2.00 bits per heavy atom. The normalized spacial score (nSPS) is 13.5. The maximum absolute atomic E-state index is 6.14. The zero-order valence-corrected chi connectivity index (χ0v) is 11.0. The lowest BCUT2D eigenvalue weighted by atomic mass is 9.87. The molecule has 3 heteroatoms. The molecule has 1 atom stereocenters. The van der Waals surface area contributed by atoms with Crippen molar-refractivity contribution in [3.63, 3.8) is 0 Å². The Labute approximate surface area is 97.1 Å². The van der Waals surface area contributed by atoms with Crippen molar-refractivity contribution in [1.29, 1.82) is 0 Å². The van der Waals surface area contributed by atoms with Gasteiger partial charge in [0.05, 0.1) is 0 Å². The minimum atomic E-state index is 0. The van der Waals surface area contributed by atoms with Gasteiger partial charge in [0, 0.05) is 10.9 Å². The molecule has 0 radical (unpaired) electrons. The van der Waals surface area contributed by atoms with E-state index in [2.05, 4.69) is 39.1 Å². The van der Waals surface area contributed by atoms with E-state index in [1.165, 1.54) is 10.4 Å². The monoisotopic (exact) mass is 233 g/mol. The Morgan fingerprint density at radius 3 is 2.36 bits per heavy atom. The topological polar surface area (TPSA) is 26.0 Å². The van der Waals surface area contributed by atoms with Crippen molar-refractivity contribution >= 4 is 23.7 Å². The van der Waals surface area contributed by atoms with Crippen molar-refractivity contribution in [2.45, 2.75) is 40.2 Å². The average molecular weight is 234 g/mol. The molecule has 1 heterocycles. The second-order valence-electron chi connectivity index (χ2n) is 4.84. The molecule has 1 rings (SSSR count). The first-order chi connectivity index (χ1) is 5.90. The van der Waals surface area contributed by atoms with Gasteiger partial charge in [-0.15, -0.1) is 23.7 Å². The molecule has 0 aromatic carbocycles. The van der Waals surface area contributed by atoms with E-state index in [1.54, 1.807) is 11.3 Å². The quantitative estimate of drug-likeness (QED) is 0.824. The lowest BCUT2D eigenvalue weighted by Crippen LogP contribution is -2.18. The number of aryl methyl sites for hydroxylation is 1. The molecule has 1 aromatic rings. The van der Waals surface area contributed by atoms with E-state index in [-0.39, 0.29) is 18.4 Å². The molecule has 1 unspecified atom stereocenters. The van der Waals surface area contributed by atoms with E-state index in [9.17, 15) is 0 Å². The van der Waals surface area contributed by atoms with Crippen LogP contribution in [0.1, 0.15) is 43.7 Å². The fourth-order valence-electron chi connectivity index (χ4n) is 1.52. The summed E-state index contributed by atoms with van der Waals surface area (Å²) in [5.41, 5.74) is 7.79. The first-order valence-electron chi connectivity index (χ1n) is 4.70. The molecule has 82 valence electrons. The van der Waals surface area contributed by atoms with Crippen LogP contribution in [0, 0.1) is 12.3 Å². The van der Waals surface area contributed by atoms with Crippen molar-refractivity contribution in [2.75, 3.05) is 0 Å². The fourth-order valence-corrected chi connectivity index (χ4v) is 2.45. The van der Waals surface area contributed by atoms with Crippen LogP contribution in [0.2, 0.25) is 0 Å².